The van der Waals surface area contributed by atoms with Crippen molar-refractivity contribution in [1.82, 2.24) is 19.7 Å². The molecule has 2 amide bonds. The highest BCUT2D eigenvalue weighted by Crippen LogP contribution is 2.68. The lowest BCUT2D eigenvalue weighted by atomic mass is 9.44. The Kier molecular flexibility index (Phi) is 7.93. The minimum atomic E-state index is -0.987. The molecule has 2 aliphatic heterocycles. The predicted octanol–water partition coefficient (Wildman–Crippen LogP) is 4.73. The van der Waals surface area contributed by atoms with E-state index in [1.165, 1.54) is 6.42 Å². The molecule has 1 aromatic carbocycles. The van der Waals surface area contributed by atoms with E-state index in [-0.39, 0.29) is 34.8 Å². The normalized spacial score (nSPS) is 41.4. The number of rotatable bonds is 3. The van der Waals surface area contributed by atoms with Gasteiger partial charge in [0.05, 0.1) is 11.6 Å². The van der Waals surface area contributed by atoms with Crippen LogP contribution in [0.4, 0.5) is 0 Å². The van der Waals surface area contributed by atoms with Crippen molar-refractivity contribution >= 4 is 22.7 Å². The van der Waals surface area contributed by atoms with E-state index in [0.717, 1.165) is 68.9 Å². The van der Waals surface area contributed by atoms with Crippen LogP contribution in [0.25, 0.3) is 10.9 Å². The Morgan fingerprint density at radius 2 is 1.71 bits per heavy atom. The van der Waals surface area contributed by atoms with Gasteiger partial charge in [0.1, 0.15) is 17.3 Å². The van der Waals surface area contributed by atoms with Crippen molar-refractivity contribution in [3.8, 4) is 12.3 Å². The second-order valence-corrected chi connectivity index (χ2v) is 16.6. The van der Waals surface area contributed by atoms with Gasteiger partial charge in [-0.15, -0.1) is 6.42 Å². The highest BCUT2D eigenvalue weighted by Gasteiger charge is 2.65. The molecule has 3 heterocycles. The van der Waals surface area contributed by atoms with Crippen LogP contribution in [0.5, 0.6) is 0 Å². The Bertz CT molecular complexity index is 1630. The van der Waals surface area contributed by atoms with Gasteiger partial charge in [0.15, 0.2) is 0 Å². The van der Waals surface area contributed by atoms with Gasteiger partial charge in [0.2, 0.25) is 5.91 Å². The number of pyridine rings is 1. The van der Waals surface area contributed by atoms with E-state index >= 15 is 0 Å². The first-order valence-corrected chi connectivity index (χ1v) is 18.6. The summed E-state index contributed by atoms with van der Waals surface area (Å²) in [6, 6.07) is 11.1. The van der Waals surface area contributed by atoms with E-state index in [0.29, 0.717) is 61.8 Å². The summed E-state index contributed by atoms with van der Waals surface area (Å²) in [6.07, 6.45) is 15.0. The summed E-state index contributed by atoms with van der Waals surface area (Å²) in [5.41, 5.74) is 0.141. The molecule has 4 aliphatic carbocycles. The summed E-state index contributed by atoms with van der Waals surface area (Å²) in [5, 5.41) is 24.0. The average Bonchev–Trinajstić information content (AvgIpc) is 3.70. The molecule has 10 unspecified atom stereocenters. The van der Waals surface area contributed by atoms with Gasteiger partial charge in [-0.2, -0.15) is 0 Å². The number of piperazine rings is 1. The van der Waals surface area contributed by atoms with Crippen molar-refractivity contribution in [2.24, 2.45) is 34.5 Å². The Morgan fingerprint density at radius 3 is 2.50 bits per heavy atom. The van der Waals surface area contributed by atoms with Gasteiger partial charge in [0.25, 0.3) is 5.91 Å². The van der Waals surface area contributed by atoms with Crippen LogP contribution in [-0.4, -0.2) is 98.2 Å². The molecular formula is C40H52N4O4. The summed E-state index contributed by atoms with van der Waals surface area (Å²) in [4.78, 5) is 38.2. The molecule has 10 atom stereocenters. The lowest BCUT2D eigenvalue weighted by Gasteiger charge is -2.63. The number of carbonyl (C=O) groups excluding carboxylic acids is 2. The van der Waals surface area contributed by atoms with Crippen molar-refractivity contribution in [1.29, 1.82) is 0 Å². The standard InChI is InChI=1S/C40H52N4O4/c1-4-40(48)18-16-30-28-13-12-27-24-35(45)34(25-38(27,2)29(28)15-17-39(30,40)3)42-20-22-43(23-21-42)37(47)33-10-7-19-44(33)36(46)32-14-11-26-8-5-6-9-31(26)41-32/h1,5-6,8-9,11,14,27-30,33-35,45,48H,7,10,12-13,15-25H2,2-3H3. The Hall–Kier alpha value is -2.99. The first kappa shape index (κ1) is 32.2. The van der Waals surface area contributed by atoms with E-state index < -0.39 is 11.6 Å². The fourth-order valence-electron chi connectivity index (χ4n) is 12.0. The van der Waals surface area contributed by atoms with Gasteiger partial charge in [-0.25, -0.2) is 4.98 Å². The van der Waals surface area contributed by atoms with Crippen LogP contribution in [0, 0.1) is 46.8 Å². The molecular weight excluding hydrogens is 600 g/mol. The largest absolute Gasteiger partial charge is 0.391 e. The number of carbonyl (C=O) groups is 2. The van der Waals surface area contributed by atoms with Gasteiger partial charge in [-0.1, -0.05) is 44.0 Å². The number of fused-ring (bicyclic) bond motifs is 6. The Morgan fingerprint density at radius 1 is 0.938 bits per heavy atom. The smallest absolute Gasteiger partial charge is 0.273 e. The number of aliphatic hydroxyl groups is 2. The molecule has 256 valence electrons. The second-order valence-electron chi connectivity index (χ2n) is 16.6. The Balaban J connectivity index is 0.925. The Labute approximate surface area is 285 Å². The van der Waals surface area contributed by atoms with Crippen LogP contribution in [0.2, 0.25) is 0 Å². The van der Waals surface area contributed by atoms with Crippen LogP contribution >= 0.6 is 0 Å². The number of amides is 2. The molecule has 6 aliphatic rings. The lowest BCUT2D eigenvalue weighted by molar-refractivity contribution is -0.163. The molecule has 8 nitrogen and oxygen atoms in total. The van der Waals surface area contributed by atoms with Crippen molar-refractivity contribution in [2.75, 3.05) is 32.7 Å². The summed E-state index contributed by atoms with van der Waals surface area (Å²) in [7, 11) is 0. The molecule has 8 heteroatoms. The highest BCUT2D eigenvalue weighted by molar-refractivity contribution is 5.98. The topological polar surface area (TPSA) is 97.2 Å². The third-order valence-electron chi connectivity index (χ3n) is 14.8. The SMILES string of the molecule is C#CC1(O)CCC2C3CCC4CC(O)C(N5CCN(C(=O)C6CCCN6C(=O)c6ccc7ccccc7n6)CC5)CC4(C)C3CCC21C. The fourth-order valence-corrected chi connectivity index (χ4v) is 12.0. The third-order valence-corrected chi connectivity index (χ3v) is 14.8. The zero-order chi connectivity index (χ0) is 33.4. The average molecular weight is 653 g/mol. The minimum absolute atomic E-state index is 0.0429. The summed E-state index contributed by atoms with van der Waals surface area (Å²) < 4.78 is 0. The van der Waals surface area contributed by atoms with Crippen LogP contribution in [0.15, 0.2) is 36.4 Å². The van der Waals surface area contributed by atoms with Crippen LogP contribution in [0.3, 0.4) is 0 Å². The van der Waals surface area contributed by atoms with Gasteiger partial charge in [0, 0.05) is 49.6 Å². The summed E-state index contributed by atoms with van der Waals surface area (Å²) in [6.45, 7) is 8.05. The number of benzene rings is 1. The fraction of sp³-hybridized carbons (Fsp3) is 0.675. The number of nitrogens with zero attached hydrogens (tertiary/aromatic N) is 4. The quantitative estimate of drug-likeness (QED) is 0.466. The number of aromatic nitrogens is 1. The zero-order valence-electron chi connectivity index (χ0n) is 28.7. The molecule has 2 aromatic rings. The summed E-state index contributed by atoms with van der Waals surface area (Å²) >= 11 is 0. The third kappa shape index (κ3) is 4.86. The molecule has 0 spiro atoms. The molecule has 0 radical (unpaired) electrons. The molecule has 0 bridgehead atoms. The maximum atomic E-state index is 13.9. The van der Waals surface area contributed by atoms with Gasteiger partial charge in [-0.3, -0.25) is 14.5 Å². The van der Waals surface area contributed by atoms with Crippen molar-refractivity contribution < 1.29 is 19.8 Å². The molecule has 8 rings (SSSR count). The number of para-hydroxylation sites is 1. The van der Waals surface area contributed by atoms with Crippen molar-refractivity contribution in [3.05, 3.63) is 42.1 Å². The highest BCUT2D eigenvalue weighted by atomic mass is 16.3. The van der Waals surface area contributed by atoms with E-state index in [1.54, 1.807) is 11.0 Å². The zero-order valence-corrected chi connectivity index (χ0v) is 28.7. The molecule has 4 saturated carbocycles. The number of aliphatic hydroxyl groups excluding tert-OH is 1. The van der Waals surface area contributed by atoms with E-state index in [9.17, 15) is 19.8 Å². The van der Waals surface area contributed by atoms with Crippen LogP contribution in [0.1, 0.15) is 88.5 Å². The first-order valence-electron chi connectivity index (χ1n) is 18.6. The maximum absolute atomic E-state index is 13.9. The number of hydrogen-bond acceptors (Lipinski definition) is 6. The van der Waals surface area contributed by atoms with Gasteiger partial charge < -0.3 is 20.0 Å². The van der Waals surface area contributed by atoms with Crippen molar-refractivity contribution in [2.45, 2.75) is 102 Å². The molecule has 2 saturated heterocycles. The second kappa shape index (κ2) is 11.8. The first-order chi connectivity index (χ1) is 23.1. The number of hydrogen-bond donors (Lipinski definition) is 2. The predicted molar refractivity (Wildman–Crippen MR) is 185 cm³/mol. The van der Waals surface area contributed by atoms with Gasteiger partial charge in [-0.05, 0) is 105 Å². The maximum Gasteiger partial charge on any atom is 0.273 e. The molecule has 48 heavy (non-hydrogen) atoms. The van der Waals surface area contributed by atoms with E-state index in [2.05, 4.69) is 29.7 Å². The van der Waals surface area contributed by atoms with E-state index in [4.69, 9.17) is 6.42 Å². The molecule has 1 aromatic heterocycles. The van der Waals surface area contributed by atoms with Gasteiger partial charge >= 0.3 is 0 Å². The number of terminal acetylenes is 1. The summed E-state index contributed by atoms with van der Waals surface area (Å²) in [5.74, 6) is 4.85. The van der Waals surface area contributed by atoms with Crippen molar-refractivity contribution in [3.63, 3.8) is 0 Å². The minimum Gasteiger partial charge on any atom is -0.391 e. The number of likely N-dealkylation sites (tertiary alicyclic amines) is 1. The molecule has 2 N–H and O–H groups in total. The lowest BCUT2D eigenvalue weighted by Crippen LogP contribution is -2.63. The van der Waals surface area contributed by atoms with Crippen LogP contribution in [-0.2, 0) is 4.79 Å². The van der Waals surface area contributed by atoms with Crippen LogP contribution < -0.4 is 0 Å². The molecule has 6 fully saturated rings. The van der Waals surface area contributed by atoms with E-state index in [1.807, 2.05) is 35.2 Å². The monoisotopic (exact) mass is 652 g/mol.